The fourth-order valence-electron chi connectivity index (χ4n) is 3.71. The number of benzene rings is 2. The largest absolute Gasteiger partial charge is 0.387 e. The maximum absolute atomic E-state index is 12.0. The molecule has 0 aliphatic heterocycles. The molecule has 1 aliphatic rings. The van der Waals surface area contributed by atoms with E-state index in [2.05, 4.69) is 10.6 Å². The Kier molecular flexibility index (Phi) is 6.82. The van der Waals surface area contributed by atoms with Gasteiger partial charge in [0, 0.05) is 13.0 Å². The average molecular weight is 368 g/mol. The minimum atomic E-state index is -0.781. The van der Waals surface area contributed by atoms with Crippen molar-refractivity contribution in [2.24, 2.45) is 5.92 Å². The highest BCUT2D eigenvalue weighted by atomic mass is 16.3. The van der Waals surface area contributed by atoms with Crippen LogP contribution in [0.5, 0.6) is 0 Å². The monoisotopic (exact) mass is 368 g/mol. The van der Waals surface area contributed by atoms with Crippen LogP contribution in [0.25, 0.3) is 10.8 Å². The fraction of sp³-hybridized carbons (Fsp3) is 0.455. The van der Waals surface area contributed by atoms with E-state index in [1.807, 2.05) is 42.5 Å². The van der Waals surface area contributed by atoms with Crippen molar-refractivity contribution < 1.29 is 14.7 Å². The molecule has 1 unspecified atom stereocenters. The SMILES string of the molecule is O=C(CNC(=O)CC1CCCCC1)NCC(O)c1ccc2ccccc2c1. The summed E-state index contributed by atoms with van der Waals surface area (Å²) >= 11 is 0. The Balaban J connectivity index is 1.40. The minimum absolute atomic E-state index is 0.0456. The summed E-state index contributed by atoms with van der Waals surface area (Å²) in [5, 5.41) is 17.9. The second-order valence-corrected chi connectivity index (χ2v) is 7.41. The molecule has 0 heterocycles. The predicted molar refractivity (Wildman–Crippen MR) is 106 cm³/mol. The molecule has 0 spiro atoms. The summed E-state index contributed by atoms with van der Waals surface area (Å²) < 4.78 is 0. The van der Waals surface area contributed by atoms with Gasteiger partial charge in [-0.15, -0.1) is 0 Å². The van der Waals surface area contributed by atoms with E-state index in [0.717, 1.165) is 29.2 Å². The molecule has 2 aromatic carbocycles. The van der Waals surface area contributed by atoms with Gasteiger partial charge in [0.1, 0.15) is 0 Å². The van der Waals surface area contributed by atoms with Gasteiger partial charge in [0.2, 0.25) is 11.8 Å². The van der Waals surface area contributed by atoms with Gasteiger partial charge in [-0.25, -0.2) is 0 Å². The molecule has 1 fully saturated rings. The average Bonchev–Trinajstić information content (AvgIpc) is 2.71. The molecule has 3 N–H and O–H groups in total. The Morgan fingerprint density at radius 1 is 0.963 bits per heavy atom. The van der Waals surface area contributed by atoms with Crippen molar-refractivity contribution in [1.82, 2.24) is 10.6 Å². The van der Waals surface area contributed by atoms with Crippen molar-refractivity contribution in [2.75, 3.05) is 13.1 Å². The van der Waals surface area contributed by atoms with E-state index in [9.17, 15) is 14.7 Å². The number of hydrogen-bond donors (Lipinski definition) is 3. The highest BCUT2D eigenvalue weighted by Crippen LogP contribution is 2.26. The molecule has 1 saturated carbocycles. The molecular formula is C22H28N2O3. The van der Waals surface area contributed by atoms with Crippen LogP contribution in [0.2, 0.25) is 0 Å². The van der Waals surface area contributed by atoms with E-state index in [-0.39, 0.29) is 24.9 Å². The van der Waals surface area contributed by atoms with Gasteiger partial charge in [-0.2, -0.15) is 0 Å². The highest BCUT2D eigenvalue weighted by Gasteiger charge is 2.17. The van der Waals surface area contributed by atoms with Crippen LogP contribution < -0.4 is 10.6 Å². The van der Waals surface area contributed by atoms with Crippen molar-refractivity contribution in [3.05, 3.63) is 48.0 Å². The van der Waals surface area contributed by atoms with Crippen LogP contribution in [0.1, 0.15) is 50.2 Å². The second kappa shape index (κ2) is 9.51. The number of hydrogen-bond acceptors (Lipinski definition) is 3. The van der Waals surface area contributed by atoms with Crippen LogP contribution in [0.4, 0.5) is 0 Å². The van der Waals surface area contributed by atoms with Crippen LogP contribution in [0.3, 0.4) is 0 Å². The highest BCUT2D eigenvalue weighted by molar-refractivity contribution is 5.85. The lowest BCUT2D eigenvalue weighted by Crippen LogP contribution is -2.39. The lowest BCUT2D eigenvalue weighted by Gasteiger charge is -2.20. The summed E-state index contributed by atoms with van der Waals surface area (Å²) in [5.74, 6) is 0.107. The lowest BCUT2D eigenvalue weighted by molar-refractivity contribution is -0.127. The number of carbonyl (C=O) groups is 2. The van der Waals surface area contributed by atoms with Crippen molar-refractivity contribution in [3.8, 4) is 0 Å². The molecule has 5 nitrogen and oxygen atoms in total. The maximum Gasteiger partial charge on any atom is 0.239 e. The first-order valence-corrected chi connectivity index (χ1v) is 9.82. The number of aliphatic hydroxyl groups excluding tert-OH is 1. The van der Waals surface area contributed by atoms with Crippen LogP contribution in [-0.4, -0.2) is 30.0 Å². The van der Waals surface area contributed by atoms with E-state index in [1.165, 1.54) is 19.3 Å². The Morgan fingerprint density at radius 3 is 2.48 bits per heavy atom. The molecule has 2 aromatic rings. The van der Waals surface area contributed by atoms with Crippen LogP contribution in [0.15, 0.2) is 42.5 Å². The number of aliphatic hydroxyl groups is 1. The number of amides is 2. The van der Waals surface area contributed by atoms with Gasteiger partial charge in [-0.05, 0) is 41.2 Å². The topological polar surface area (TPSA) is 78.4 Å². The number of rotatable bonds is 7. The maximum atomic E-state index is 12.0. The van der Waals surface area contributed by atoms with E-state index in [1.54, 1.807) is 0 Å². The zero-order valence-corrected chi connectivity index (χ0v) is 15.6. The van der Waals surface area contributed by atoms with Gasteiger partial charge in [0.15, 0.2) is 0 Å². The van der Waals surface area contributed by atoms with Gasteiger partial charge in [-0.3, -0.25) is 9.59 Å². The predicted octanol–water partition coefficient (Wildman–Crippen LogP) is 3.08. The Morgan fingerprint density at radius 2 is 1.70 bits per heavy atom. The summed E-state index contributed by atoms with van der Waals surface area (Å²) in [6, 6.07) is 13.7. The first-order chi connectivity index (χ1) is 13.1. The van der Waals surface area contributed by atoms with Crippen LogP contribution >= 0.6 is 0 Å². The first kappa shape index (κ1) is 19.4. The third-order valence-corrected chi connectivity index (χ3v) is 5.30. The molecule has 0 saturated heterocycles. The summed E-state index contributed by atoms with van der Waals surface area (Å²) in [7, 11) is 0. The lowest BCUT2D eigenvalue weighted by atomic mass is 9.87. The van der Waals surface area contributed by atoms with Crippen LogP contribution in [0, 0.1) is 5.92 Å². The summed E-state index contributed by atoms with van der Waals surface area (Å²) in [6.07, 6.45) is 5.61. The molecule has 144 valence electrons. The number of nitrogens with one attached hydrogen (secondary N) is 2. The molecule has 0 aromatic heterocycles. The molecule has 1 aliphatic carbocycles. The minimum Gasteiger partial charge on any atom is -0.387 e. The Hall–Kier alpha value is -2.40. The van der Waals surface area contributed by atoms with Crippen LogP contribution in [-0.2, 0) is 9.59 Å². The van der Waals surface area contributed by atoms with Crippen molar-refractivity contribution in [1.29, 1.82) is 0 Å². The number of fused-ring (bicyclic) bond motifs is 1. The molecule has 3 rings (SSSR count). The molecule has 0 radical (unpaired) electrons. The zero-order valence-electron chi connectivity index (χ0n) is 15.6. The van der Waals surface area contributed by atoms with Crippen molar-refractivity contribution in [2.45, 2.75) is 44.6 Å². The van der Waals surface area contributed by atoms with E-state index in [0.29, 0.717) is 12.3 Å². The summed E-state index contributed by atoms with van der Waals surface area (Å²) in [5.41, 5.74) is 0.760. The molecule has 27 heavy (non-hydrogen) atoms. The molecule has 5 heteroatoms. The van der Waals surface area contributed by atoms with Gasteiger partial charge in [0.05, 0.1) is 12.6 Å². The van der Waals surface area contributed by atoms with E-state index >= 15 is 0 Å². The van der Waals surface area contributed by atoms with Crippen molar-refractivity contribution in [3.63, 3.8) is 0 Å². The quantitative estimate of drug-likeness (QED) is 0.703. The third kappa shape index (κ3) is 5.79. The Labute approximate surface area is 160 Å². The van der Waals surface area contributed by atoms with Gasteiger partial charge in [-0.1, -0.05) is 55.7 Å². The normalized spacial score (nSPS) is 16.0. The number of carbonyl (C=O) groups excluding carboxylic acids is 2. The van der Waals surface area contributed by atoms with Gasteiger partial charge >= 0.3 is 0 Å². The van der Waals surface area contributed by atoms with Gasteiger partial charge in [0.25, 0.3) is 0 Å². The molecule has 1 atom stereocenters. The van der Waals surface area contributed by atoms with Gasteiger partial charge < -0.3 is 15.7 Å². The standard InChI is InChI=1S/C22H28N2O3/c25-20(19-11-10-17-8-4-5-9-18(17)13-19)14-23-22(27)15-24-21(26)12-16-6-2-1-3-7-16/h4-5,8-11,13,16,20,25H,1-3,6-7,12,14-15H2,(H,23,27)(H,24,26). The Bertz CT molecular complexity index is 784. The summed E-state index contributed by atoms with van der Waals surface area (Å²) in [6.45, 7) is 0.0751. The van der Waals surface area contributed by atoms with Crippen molar-refractivity contribution >= 4 is 22.6 Å². The third-order valence-electron chi connectivity index (χ3n) is 5.30. The van der Waals surface area contributed by atoms with E-state index < -0.39 is 6.10 Å². The second-order valence-electron chi connectivity index (χ2n) is 7.41. The molecule has 2 amide bonds. The smallest absolute Gasteiger partial charge is 0.239 e. The molecule has 0 bridgehead atoms. The zero-order chi connectivity index (χ0) is 19.1. The fourth-order valence-corrected chi connectivity index (χ4v) is 3.71. The first-order valence-electron chi connectivity index (χ1n) is 9.82. The van der Waals surface area contributed by atoms with E-state index in [4.69, 9.17) is 0 Å². The molecular weight excluding hydrogens is 340 g/mol. The summed E-state index contributed by atoms with van der Waals surface area (Å²) in [4.78, 5) is 23.9.